The summed E-state index contributed by atoms with van der Waals surface area (Å²) in [5, 5.41) is 8.06. The highest BCUT2D eigenvalue weighted by atomic mass is 32.1. The summed E-state index contributed by atoms with van der Waals surface area (Å²) in [5.41, 5.74) is 1.97. The molecule has 0 N–H and O–H groups in total. The van der Waals surface area contributed by atoms with E-state index in [4.69, 9.17) is 9.26 Å². The number of likely N-dealkylation sites (tertiary alicyclic amines) is 1. The van der Waals surface area contributed by atoms with Crippen LogP contribution in [0, 0.1) is 0 Å². The first-order chi connectivity index (χ1) is 13.6. The van der Waals surface area contributed by atoms with Crippen LogP contribution in [-0.2, 0) is 11.2 Å². The standard InChI is InChI=1S/C21H23N3O3S/c1-14(2)21-22-20(23-27-21)16-3-5-17(6-4-16)26-18-7-9-24(12-18)19(25)11-15-8-10-28-13-15/h3-6,8,10,13-14,18H,7,9,11-12H2,1-2H3. The molecule has 1 aliphatic rings. The van der Waals surface area contributed by atoms with Crippen LogP contribution in [0.2, 0.25) is 0 Å². The van der Waals surface area contributed by atoms with Gasteiger partial charge in [-0.25, -0.2) is 0 Å². The van der Waals surface area contributed by atoms with Crippen LogP contribution >= 0.6 is 11.3 Å². The molecule has 3 aromatic rings. The third kappa shape index (κ3) is 4.25. The highest BCUT2D eigenvalue weighted by Crippen LogP contribution is 2.24. The fourth-order valence-electron chi connectivity index (χ4n) is 3.19. The van der Waals surface area contributed by atoms with Crippen molar-refractivity contribution in [2.75, 3.05) is 13.1 Å². The van der Waals surface area contributed by atoms with Gasteiger partial charge in [-0.2, -0.15) is 16.3 Å². The molecule has 1 amide bonds. The Bertz CT molecular complexity index is 919. The summed E-state index contributed by atoms with van der Waals surface area (Å²) in [7, 11) is 0. The second-order valence-electron chi connectivity index (χ2n) is 7.31. The van der Waals surface area contributed by atoms with Gasteiger partial charge in [-0.15, -0.1) is 0 Å². The monoisotopic (exact) mass is 397 g/mol. The van der Waals surface area contributed by atoms with E-state index in [0.29, 0.717) is 24.7 Å². The molecule has 1 aliphatic heterocycles. The second-order valence-corrected chi connectivity index (χ2v) is 8.09. The number of nitrogens with zero attached hydrogens (tertiary/aromatic N) is 3. The Kier molecular flexibility index (Phi) is 5.43. The van der Waals surface area contributed by atoms with Crippen LogP contribution in [0.4, 0.5) is 0 Å². The van der Waals surface area contributed by atoms with Gasteiger partial charge in [-0.3, -0.25) is 4.79 Å². The Morgan fingerprint density at radius 2 is 2.14 bits per heavy atom. The number of aromatic nitrogens is 2. The summed E-state index contributed by atoms with van der Waals surface area (Å²) in [4.78, 5) is 18.7. The van der Waals surface area contributed by atoms with Crippen molar-refractivity contribution < 1.29 is 14.1 Å². The maximum atomic E-state index is 12.4. The van der Waals surface area contributed by atoms with Gasteiger partial charge in [-0.05, 0) is 46.7 Å². The van der Waals surface area contributed by atoms with Crippen molar-refractivity contribution in [1.29, 1.82) is 0 Å². The number of rotatable bonds is 6. The first kappa shape index (κ1) is 18.7. The van der Waals surface area contributed by atoms with Crippen molar-refractivity contribution in [3.8, 4) is 17.1 Å². The van der Waals surface area contributed by atoms with Crippen LogP contribution in [0.25, 0.3) is 11.4 Å². The summed E-state index contributed by atoms with van der Waals surface area (Å²) in [6.07, 6.45) is 1.34. The number of carbonyl (C=O) groups excluding carboxylic acids is 1. The van der Waals surface area contributed by atoms with Crippen LogP contribution in [0.5, 0.6) is 5.75 Å². The van der Waals surface area contributed by atoms with E-state index in [1.165, 1.54) is 0 Å². The Hall–Kier alpha value is -2.67. The van der Waals surface area contributed by atoms with Gasteiger partial charge in [0.15, 0.2) is 0 Å². The van der Waals surface area contributed by atoms with Crippen molar-refractivity contribution in [1.82, 2.24) is 15.0 Å². The Morgan fingerprint density at radius 3 is 2.82 bits per heavy atom. The van der Waals surface area contributed by atoms with E-state index in [1.807, 2.05) is 59.8 Å². The first-order valence-electron chi connectivity index (χ1n) is 9.48. The highest BCUT2D eigenvalue weighted by Gasteiger charge is 2.27. The van der Waals surface area contributed by atoms with Crippen molar-refractivity contribution >= 4 is 17.2 Å². The molecule has 1 saturated heterocycles. The third-order valence-electron chi connectivity index (χ3n) is 4.78. The molecule has 0 aliphatic carbocycles. The molecule has 1 atom stereocenters. The smallest absolute Gasteiger partial charge is 0.229 e. The third-order valence-corrected chi connectivity index (χ3v) is 5.52. The zero-order valence-electron chi connectivity index (χ0n) is 16.0. The van der Waals surface area contributed by atoms with Crippen molar-refractivity contribution in [3.05, 3.63) is 52.5 Å². The van der Waals surface area contributed by atoms with Crippen molar-refractivity contribution in [2.24, 2.45) is 0 Å². The predicted octanol–water partition coefficient (Wildman–Crippen LogP) is 4.14. The van der Waals surface area contributed by atoms with Gasteiger partial charge in [0.2, 0.25) is 17.6 Å². The number of hydrogen-bond acceptors (Lipinski definition) is 6. The second kappa shape index (κ2) is 8.14. The maximum absolute atomic E-state index is 12.4. The molecular formula is C21H23N3O3S. The molecule has 0 radical (unpaired) electrons. The van der Waals surface area contributed by atoms with E-state index in [0.717, 1.165) is 29.8 Å². The van der Waals surface area contributed by atoms with E-state index < -0.39 is 0 Å². The molecule has 1 unspecified atom stereocenters. The fraction of sp³-hybridized carbons (Fsp3) is 0.381. The fourth-order valence-corrected chi connectivity index (χ4v) is 3.86. The summed E-state index contributed by atoms with van der Waals surface area (Å²) in [5.74, 6) is 2.37. The van der Waals surface area contributed by atoms with Gasteiger partial charge >= 0.3 is 0 Å². The zero-order chi connectivity index (χ0) is 19.5. The van der Waals surface area contributed by atoms with E-state index in [1.54, 1.807) is 11.3 Å². The minimum Gasteiger partial charge on any atom is -0.489 e. The van der Waals surface area contributed by atoms with E-state index >= 15 is 0 Å². The lowest BCUT2D eigenvalue weighted by Gasteiger charge is -2.17. The molecule has 2 aromatic heterocycles. The number of carbonyl (C=O) groups is 1. The molecule has 146 valence electrons. The lowest BCUT2D eigenvalue weighted by atomic mass is 10.2. The lowest BCUT2D eigenvalue weighted by Crippen LogP contribution is -2.32. The van der Waals surface area contributed by atoms with E-state index in [9.17, 15) is 4.79 Å². The van der Waals surface area contributed by atoms with Crippen LogP contribution in [0.3, 0.4) is 0 Å². The summed E-state index contributed by atoms with van der Waals surface area (Å²) in [6, 6.07) is 9.69. The molecule has 7 heteroatoms. The summed E-state index contributed by atoms with van der Waals surface area (Å²) < 4.78 is 11.3. The first-order valence-corrected chi connectivity index (χ1v) is 10.4. The average Bonchev–Trinajstić information content (AvgIpc) is 3.44. The number of ether oxygens (including phenoxy) is 1. The molecular weight excluding hydrogens is 374 g/mol. The average molecular weight is 398 g/mol. The SMILES string of the molecule is CC(C)c1nc(-c2ccc(OC3CCN(C(=O)Cc4ccsc4)C3)cc2)no1. The Balaban J connectivity index is 1.32. The Morgan fingerprint density at radius 1 is 1.32 bits per heavy atom. The quantitative estimate of drug-likeness (QED) is 0.625. The molecule has 1 fully saturated rings. The largest absolute Gasteiger partial charge is 0.489 e. The van der Waals surface area contributed by atoms with Crippen molar-refractivity contribution in [3.63, 3.8) is 0 Å². The summed E-state index contributed by atoms with van der Waals surface area (Å²) >= 11 is 1.62. The summed E-state index contributed by atoms with van der Waals surface area (Å²) in [6.45, 7) is 5.41. The van der Waals surface area contributed by atoms with Gasteiger partial charge in [0, 0.05) is 24.4 Å². The van der Waals surface area contributed by atoms with E-state index in [-0.39, 0.29) is 17.9 Å². The maximum Gasteiger partial charge on any atom is 0.229 e. The highest BCUT2D eigenvalue weighted by molar-refractivity contribution is 7.08. The minimum atomic E-state index is 0.0231. The molecule has 0 spiro atoms. The number of hydrogen-bond donors (Lipinski definition) is 0. The van der Waals surface area contributed by atoms with E-state index in [2.05, 4.69) is 10.1 Å². The number of benzene rings is 1. The van der Waals surface area contributed by atoms with Crippen LogP contribution in [-0.4, -0.2) is 40.1 Å². The molecule has 0 bridgehead atoms. The molecule has 4 rings (SSSR count). The Labute approximate surface area is 168 Å². The molecule has 1 aromatic carbocycles. The lowest BCUT2D eigenvalue weighted by molar-refractivity contribution is -0.129. The van der Waals surface area contributed by atoms with Gasteiger partial charge in [0.1, 0.15) is 11.9 Å². The van der Waals surface area contributed by atoms with Crippen LogP contribution in [0.1, 0.15) is 37.6 Å². The van der Waals surface area contributed by atoms with Crippen molar-refractivity contribution in [2.45, 2.75) is 38.7 Å². The zero-order valence-corrected chi connectivity index (χ0v) is 16.8. The van der Waals surface area contributed by atoms with Crippen LogP contribution < -0.4 is 4.74 Å². The molecule has 0 saturated carbocycles. The van der Waals surface area contributed by atoms with Gasteiger partial charge in [-0.1, -0.05) is 19.0 Å². The molecule has 28 heavy (non-hydrogen) atoms. The number of amides is 1. The number of thiophene rings is 1. The molecule has 3 heterocycles. The molecule has 6 nitrogen and oxygen atoms in total. The van der Waals surface area contributed by atoms with Gasteiger partial charge in [0.05, 0.1) is 13.0 Å². The normalized spacial score (nSPS) is 16.7. The predicted molar refractivity (Wildman–Crippen MR) is 107 cm³/mol. The van der Waals surface area contributed by atoms with Gasteiger partial charge < -0.3 is 14.2 Å². The van der Waals surface area contributed by atoms with Crippen LogP contribution in [0.15, 0.2) is 45.6 Å². The minimum absolute atomic E-state index is 0.0231. The topological polar surface area (TPSA) is 68.5 Å². The van der Waals surface area contributed by atoms with Gasteiger partial charge in [0.25, 0.3) is 0 Å².